The number of aldehydes is 1. The standard InChI is InChI=1S/C14H25NO11/c1-5(19)15-6(2-16)9(21)13(7(20)3-17)26-14-12(24)11(23)10(22)8(4-18)25-14/h2,6-14,17-18,20-24H,3-4H2,1H3,(H,15,19)/t6-,7-,8-,9-,10-,11+,12+,13-,14+/m1/s1. The Labute approximate surface area is 148 Å². The lowest BCUT2D eigenvalue weighted by Crippen LogP contribution is -2.62. The average molecular weight is 383 g/mol. The molecule has 1 rings (SSSR count). The molecule has 0 aromatic heterocycles. The molecule has 0 radical (unpaired) electrons. The Balaban J connectivity index is 2.99. The second kappa shape index (κ2) is 10.2. The minimum Gasteiger partial charge on any atom is -0.394 e. The highest BCUT2D eigenvalue weighted by atomic mass is 16.7. The molecule has 1 heterocycles. The van der Waals surface area contributed by atoms with Crippen LogP contribution in [0.25, 0.3) is 0 Å². The van der Waals surface area contributed by atoms with Crippen LogP contribution in [0.3, 0.4) is 0 Å². The van der Waals surface area contributed by atoms with Gasteiger partial charge in [0.15, 0.2) is 6.29 Å². The monoisotopic (exact) mass is 383 g/mol. The predicted molar refractivity (Wildman–Crippen MR) is 81.4 cm³/mol. The highest BCUT2D eigenvalue weighted by molar-refractivity contribution is 5.77. The van der Waals surface area contributed by atoms with E-state index < -0.39 is 74.2 Å². The average Bonchev–Trinajstić information content (AvgIpc) is 2.62. The molecule has 152 valence electrons. The number of rotatable bonds is 9. The maximum absolute atomic E-state index is 11.1. The van der Waals surface area contributed by atoms with Crippen LogP contribution in [-0.4, -0.2) is 116 Å². The van der Waals surface area contributed by atoms with Gasteiger partial charge in [0.1, 0.15) is 55.1 Å². The van der Waals surface area contributed by atoms with Crippen molar-refractivity contribution in [2.45, 2.75) is 62.0 Å². The third-order valence-electron chi connectivity index (χ3n) is 3.93. The summed E-state index contributed by atoms with van der Waals surface area (Å²) in [7, 11) is 0. The van der Waals surface area contributed by atoms with Gasteiger partial charge in [-0.05, 0) is 0 Å². The van der Waals surface area contributed by atoms with E-state index in [4.69, 9.17) is 19.7 Å². The molecule has 0 aliphatic carbocycles. The second-order valence-electron chi connectivity index (χ2n) is 5.90. The second-order valence-corrected chi connectivity index (χ2v) is 5.90. The van der Waals surface area contributed by atoms with Crippen molar-refractivity contribution >= 4 is 12.2 Å². The summed E-state index contributed by atoms with van der Waals surface area (Å²) in [6, 6.07) is -1.51. The molecule has 1 amide bonds. The molecule has 0 spiro atoms. The zero-order valence-electron chi connectivity index (χ0n) is 14.0. The van der Waals surface area contributed by atoms with Crippen LogP contribution in [0.15, 0.2) is 0 Å². The van der Waals surface area contributed by atoms with E-state index in [1.165, 1.54) is 0 Å². The third-order valence-corrected chi connectivity index (χ3v) is 3.93. The fourth-order valence-electron chi connectivity index (χ4n) is 2.48. The molecular formula is C14H25NO11. The van der Waals surface area contributed by atoms with Crippen LogP contribution in [0.5, 0.6) is 0 Å². The van der Waals surface area contributed by atoms with Crippen molar-refractivity contribution in [2.24, 2.45) is 0 Å². The molecule has 0 unspecified atom stereocenters. The fraction of sp³-hybridized carbons (Fsp3) is 0.857. The first-order chi connectivity index (χ1) is 12.2. The van der Waals surface area contributed by atoms with E-state index >= 15 is 0 Å². The number of hydrogen-bond acceptors (Lipinski definition) is 11. The highest BCUT2D eigenvalue weighted by Gasteiger charge is 2.46. The smallest absolute Gasteiger partial charge is 0.217 e. The van der Waals surface area contributed by atoms with E-state index in [1.807, 2.05) is 0 Å². The fourth-order valence-corrected chi connectivity index (χ4v) is 2.48. The normalized spacial score (nSPS) is 33.8. The van der Waals surface area contributed by atoms with Gasteiger partial charge in [0, 0.05) is 6.92 Å². The maximum atomic E-state index is 11.1. The molecule has 0 saturated carbocycles. The number of carbonyl (C=O) groups excluding carboxylic acids is 2. The molecule has 1 fully saturated rings. The van der Waals surface area contributed by atoms with Gasteiger partial charge < -0.3 is 55.3 Å². The Morgan fingerprint density at radius 3 is 2.27 bits per heavy atom. The van der Waals surface area contributed by atoms with Crippen molar-refractivity contribution < 1.29 is 54.8 Å². The first-order valence-corrected chi connectivity index (χ1v) is 7.83. The van der Waals surface area contributed by atoms with Crippen molar-refractivity contribution in [3.8, 4) is 0 Å². The van der Waals surface area contributed by atoms with Crippen molar-refractivity contribution in [3.05, 3.63) is 0 Å². The molecule has 8 N–H and O–H groups in total. The van der Waals surface area contributed by atoms with Crippen LogP contribution in [0, 0.1) is 0 Å². The van der Waals surface area contributed by atoms with Crippen LogP contribution in [0.2, 0.25) is 0 Å². The number of aliphatic hydroxyl groups excluding tert-OH is 7. The van der Waals surface area contributed by atoms with Gasteiger partial charge in [-0.15, -0.1) is 0 Å². The molecule has 26 heavy (non-hydrogen) atoms. The zero-order chi connectivity index (χ0) is 20.0. The first-order valence-electron chi connectivity index (χ1n) is 7.83. The van der Waals surface area contributed by atoms with Gasteiger partial charge >= 0.3 is 0 Å². The summed E-state index contributed by atoms with van der Waals surface area (Å²) < 4.78 is 10.3. The van der Waals surface area contributed by atoms with E-state index in [2.05, 4.69) is 5.32 Å². The van der Waals surface area contributed by atoms with E-state index in [9.17, 15) is 35.1 Å². The van der Waals surface area contributed by atoms with Crippen molar-refractivity contribution in [1.82, 2.24) is 5.32 Å². The van der Waals surface area contributed by atoms with E-state index in [-0.39, 0.29) is 6.29 Å². The number of nitrogens with one attached hydrogen (secondary N) is 1. The van der Waals surface area contributed by atoms with E-state index in [0.29, 0.717) is 0 Å². The lowest BCUT2D eigenvalue weighted by molar-refractivity contribution is -0.324. The lowest BCUT2D eigenvalue weighted by atomic mass is 9.98. The summed E-state index contributed by atoms with van der Waals surface area (Å²) in [5.74, 6) is -0.661. The lowest BCUT2D eigenvalue weighted by Gasteiger charge is -2.42. The van der Waals surface area contributed by atoms with Gasteiger partial charge in [-0.25, -0.2) is 0 Å². The largest absolute Gasteiger partial charge is 0.394 e. The van der Waals surface area contributed by atoms with Crippen molar-refractivity contribution in [3.63, 3.8) is 0 Å². The number of amides is 1. The molecule has 1 aliphatic heterocycles. The Morgan fingerprint density at radius 2 is 1.81 bits per heavy atom. The Hall–Kier alpha value is -1.22. The van der Waals surface area contributed by atoms with Gasteiger partial charge in [0.25, 0.3) is 0 Å². The summed E-state index contributed by atoms with van der Waals surface area (Å²) in [5, 5.41) is 69.9. The summed E-state index contributed by atoms with van der Waals surface area (Å²) in [6.07, 6.45) is -13.4. The molecule has 0 bridgehead atoms. The molecule has 1 saturated heterocycles. The van der Waals surface area contributed by atoms with Gasteiger partial charge in [0.05, 0.1) is 13.2 Å². The van der Waals surface area contributed by atoms with Gasteiger partial charge in [0.2, 0.25) is 5.91 Å². The summed E-state index contributed by atoms with van der Waals surface area (Å²) >= 11 is 0. The molecule has 0 aromatic rings. The Bertz CT molecular complexity index is 462. The van der Waals surface area contributed by atoms with E-state index in [1.54, 1.807) is 0 Å². The summed E-state index contributed by atoms with van der Waals surface area (Å²) in [5.41, 5.74) is 0. The molecule has 12 nitrogen and oxygen atoms in total. The van der Waals surface area contributed by atoms with Crippen LogP contribution in [0.1, 0.15) is 6.92 Å². The SMILES string of the molecule is CC(=O)N[C@H](C=O)[C@@H](O)[C@H](O[C@@H]1O[C@H](CO)[C@@H](O)[C@H](O)[C@@H]1O)[C@H](O)CO. The molecular weight excluding hydrogens is 358 g/mol. The number of aliphatic hydroxyl groups is 7. The summed E-state index contributed by atoms with van der Waals surface area (Å²) in [4.78, 5) is 22.2. The minimum absolute atomic E-state index is 0.180. The van der Waals surface area contributed by atoms with Crippen LogP contribution < -0.4 is 5.32 Å². The number of hydrogen-bond donors (Lipinski definition) is 8. The molecule has 9 atom stereocenters. The Kier molecular flexibility index (Phi) is 8.95. The first kappa shape index (κ1) is 22.8. The molecule has 1 aliphatic rings. The van der Waals surface area contributed by atoms with Crippen molar-refractivity contribution in [1.29, 1.82) is 0 Å². The topological polar surface area (TPSA) is 206 Å². The maximum Gasteiger partial charge on any atom is 0.217 e. The number of ether oxygens (including phenoxy) is 2. The Morgan fingerprint density at radius 1 is 1.19 bits per heavy atom. The quantitative estimate of drug-likeness (QED) is 0.176. The van der Waals surface area contributed by atoms with Crippen molar-refractivity contribution in [2.75, 3.05) is 13.2 Å². The highest BCUT2D eigenvalue weighted by Crippen LogP contribution is 2.24. The number of carbonyl (C=O) groups is 2. The predicted octanol–water partition coefficient (Wildman–Crippen LogP) is -5.41. The summed E-state index contributed by atoms with van der Waals surface area (Å²) in [6.45, 7) is -0.562. The minimum atomic E-state index is -1.86. The van der Waals surface area contributed by atoms with Crippen LogP contribution >= 0.6 is 0 Å². The zero-order valence-corrected chi connectivity index (χ0v) is 14.0. The van der Waals surface area contributed by atoms with Gasteiger partial charge in [-0.2, -0.15) is 0 Å². The molecule has 12 heteroatoms. The van der Waals surface area contributed by atoms with Crippen LogP contribution in [-0.2, 0) is 19.1 Å². The van der Waals surface area contributed by atoms with E-state index in [0.717, 1.165) is 6.92 Å². The van der Waals surface area contributed by atoms with Gasteiger partial charge in [-0.3, -0.25) is 4.79 Å². The molecule has 0 aromatic carbocycles. The third kappa shape index (κ3) is 5.39. The van der Waals surface area contributed by atoms with Crippen LogP contribution in [0.4, 0.5) is 0 Å². The van der Waals surface area contributed by atoms with Gasteiger partial charge in [-0.1, -0.05) is 0 Å².